The second kappa shape index (κ2) is 7.54. The molecule has 0 saturated carbocycles. The van der Waals surface area contributed by atoms with E-state index in [1.165, 1.54) is 21.7 Å². The number of fused-ring (bicyclic) bond motifs is 3. The van der Waals surface area contributed by atoms with Gasteiger partial charge < -0.3 is 14.6 Å². The summed E-state index contributed by atoms with van der Waals surface area (Å²) in [6.07, 6.45) is 2.00. The van der Waals surface area contributed by atoms with E-state index in [0.29, 0.717) is 43.7 Å². The van der Waals surface area contributed by atoms with Crippen molar-refractivity contribution in [2.75, 3.05) is 13.1 Å². The summed E-state index contributed by atoms with van der Waals surface area (Å²) in [7, 11) is 0. The Bertz CT molecular complexity index is 1290. The lowest BCUT2D eigenvalue weighted by Gasteiger charge is -2.29. The van der Waals surface area contributed by atoms with Crippen LogP contribution in [0.5, 0.6) is 0 Å². The lowest BCUT2D eigenvalue weighted by Crippen LogP contribution is -2.39. The lowest BCUT2D eigenvalue weighted by atomic mass is 10.1. The zero-order valence-electron chi connectivity index (χ0n) is 16.7. The van der Waals surface area contributed by atoms with Crippen LogP contribution in [0.3, 0.4) is 0 Å². The number of hydrogen-bond donors (Lipinski definition) is 1. The molecule has 1 saturated heterocycles. The molecule has 0 atom stereocenters. The third-order valence-electron chi connectivity index (χ3n) is 6.00. The molecular weight excluding hydrogens is 399 g/mol. The van der Waals surface area contributed by atoms with Gasteiger partial charge in [0, 0.05) is 31.2 Å². The highest BCUT2D eigenvalue weighted by Gasteiger charge is 2.28. The Balaban J connectivity index is 1.58. The number of likely N-dealkylation sites (tertiary alicyclic amines) is 1. The van der Waals surface area contributed by atoms with Crippen LogP contribution >= 0.6 is 0 Å². The van der Waals surface area contributed by atoms with E-state index < -0.39 is 6.09 Å². The second-order valence-electron chi connectivity index (χ2n) is 7.91. The first-order valence-electron chi connectivity index (χ1n) is 10.2. The predicted octanol–water partition coefficient (Wildman–Crippen LogP) is 3.81. The van der Waals surface area contributed by atoms with Crippen LogP contribution in [-0.4, -0.2) is 43.5 Å². The minimum absolute atomic E-state index is 0.125. The largest absolute Gasteiger partial charge is 0.465 e. The Hall–Kier alpha value is -3.68. The van der Waals surface area contributed by atoms with Crippen molar-refractivity contribution in [1.82, 2.24) is 19.2 Å². The maximum atomic E-state index is 13.3. The molecule has 0 spiro atoms. The summed E-state index contributed by atoms with van der Waals surface area (Å²) < 4.78 is 16.8. The highest BCUT2D eigenvalue weighted by Crippen LogP contribution is 2.30. The number of pyridine rings is 1. The van der Waals surface area contributed by atoms with Crippen LogP contribution in [-0.2, 0) is 6.54 Å². The summed E-state index contributed by atoms with van der Waals surface area (Å²) in [5.41, 5.74) is 2.88. The van der Waals surface area contributed by atoms with Gasteiger partial charge in [0.15, 0.2) is 0 Å². The summed E-state index contributed by atoms with van der Waals surface area (Å²) in [5.74, 6) is -0.286. The maximum Gasteiger partial charge on any atom is 0.407 e. The van der Waals surface area contributed by atoms with Crippen LogP contribution < -0.4 is 5.56 Å². The van der Waals surface area contributed by atoms with Crippen molar-refractivity contribution in [2.24, 2.45) is 0 Å². The normalized spacial score (nSPS) is 15.1. The molecule has 3 aliphatic rings. The Morgan fingerprint density at radius 1 is 1.10 bits per heavy atom. The van der Waals surface area contributed by atoms with Crippen molar-refractivity contribution in [3.63, 3.8) is 0 Å². The van der Waals surface area contributed by atoms with E-state index in [-0.39, 0.29) is 17.4 Å². The van der Waals surface area contributed by atoms with E-state index in [2.05, 4.69) is 5.10 Å². The summed E-state index contributed by atoms with van der Waals surface area (Å²) in [4.78, 5) is 25.8. The number of carboxylic acid groups (broad SMARTS) is 1. The third-order valence-corrected chi connectivity index (χ3v) is 6.00. The van der Waals surface area contributed by atoms with Gasteiger partial charge in [-0.25, -0.2) is 13.9 Å². The van der Waals surface area contributed by atoms with Gasteiger partial charge in [-0.2, -0.15) is 5.10 Å². The van der Waals surface area contributed by atoms with Gasteiger partial charge in [-0.15, -0.1) is 0 Å². The van der Waals surface area contributed by atoms with Crippen LogP contribution in [0.25, 0.3) is 22.2 Å². The van der Waals surface area contributed by atoms with Crippen LogP contribution in [0.1, 0.15) is 24.4 Å². The van der Waals surface area contributed by atoms with Gasteiger partial charge in [-0.1, -0.05) is 30.3 Å². The van der Waals surface area contributed by atoms with Crippen molar-refractivity contribution in [3.8, 4) is 11.3 Å². The summed E-state index contributed by atoms with van der Waals surface area (Å²) in [6.45, 7) is 1.28. The van der Waals surface area contributed by atoms with Crippen molar-refractivity contribution in [2.45, 2.75) is 25.4 Å². The van der Waals surface area contributed by atoms with E-state index >= 15 is 0 Å². The van der Waals surface area contributed by atoms with E-state index in [1.807, 2.05) is 35.0 Å². The summed E-state index contributed by atoms with van der Waals surface area (Å²) in [6, 6.07) is 14.0. The molecule has 1 fully saturated rings. The quantitative estimate of drug-likeness (QED) is 0.547. The minimum Gasteiger partial charge on any atom is -0.465 e. The highest BCUT2D eigenvalue weighted by atomic mass is 19.1. The average molecular weight is 420 g/mol. The molecular formula is C23H21FN4O3. The first kappa shape index (κ1) is 19.3. The third kappa shape index (κ3) is 3.43. The fourth-order valence-corrected chi connectivity index (χ4v) is 4.36. The number of nitrogens with zero attached hydrogens (tertiary/aromatic N) is 4. The summed E-state index contributed by atoms with van der Waals surface area (Å²) in [5, 5.41) is 14.7. The zero-order valence-corrected chi connectivity index (χ0v) is 16.7. The summed E-state index contributed by atoms with van der Waals surface area (Å²) >= 11 is 0. The van der Waals surface area contributed by atoms with Crippen LogP contribution in [0.15, 0.2) is 59.5 Å². The van der Waals surface area contributed by atoms with Gasteiger partial charge in [-0.3, -0.25) is 4.79 Å². The van der Waals surface area contributed by atoms with Gasteiger partial charge in [0.1, 0.15) is 11.5 Å². The van der Waals surface area contributed by atoms with E-state index in [1.54, 1.807) is 12.1 Å². The highest BCUT2D eigenvalue weighted by molar-refractivity contribution is 5.93. The van der Waals surface area contributed by atoms with Crippen molar-refractivity contribution >= 4 is 17.0 Å². The number of para-hydroxylation sites is 1. The van der Waals surface area contributed by atoms with E-state index in [4.69, 9.17) is 5.11 Å². The number of aromatic nitrogens is 3. The topological polar surface area (TPSA) is 80.4 Å². The molecule has 0 bridgehead atoms. The number of halogens is 1. The molecule has 158 valence electrons. The number of carbonyl (C=O) groups is 1. The van der Waals surface area contributed by atoms with E-state index in [0.717, 1.165) is 16.5 Å². The molecule has 31 heavy (non-hydrogen) atoms. The Morgan fingerprint density at radius 3 is 2.52 bits per heavy atom. The number of amides is 1. The van der Waals surface area contributed by atoms with Gasteiger partial charge in [0.2, 0.25) is 0 Å². The van der Waals surface area contributed by atoms with Crippen LogP contribution in [0, 0.1) is 5.82 Å². The molecule has 5 rings (SSSR count). The number of hydrogen-bond acceptors (Lipinski definition) is 3. The van der Waals surface area contributed by atoms with Crippen LogP contribution in [0.2, 0.25) is 0 Å². The van der Waals surface area contributed by atoms with Crippen molar-refractivity contribution in [3.05, 3.63) is 76.5 Å². The van der Waals surface area contributed by atoms with Gasteiger partial charge in [-0.05, 0) is 36.6 Å². The zero-order chi connectivity index (χ0) is 21.5. The smallest absolute Gasteiger partial charge is 0.407 e. The molecule has 3 heterocycles. The molecule has 0 aliphatic carbocycles. The lowest BCUT2D eigenvalue weighted by molar-refractivity contribution is 0.123. The molecule has 7 nitrogen and oxygen atoms in total. The molecule has 1 N–H and O–H groups in total. The Morgan fingerprint density at radius 2 is 1.81 bits per heavy atom. The predicted molar refractivity (Wildman–Crippen MR) is 114 cm³/mol. The number of piperidine rings is 1. The Kier molecular flexibility index (Phi) is 4.69. The molecule has 8 heteroatoms. The molecule has 3 aliphatic heterocycles. The SMILES string of the molecule is O=C(O)N1CCC(n2nc3c4ccccc4n(Cc4ccc(F)cc4)cc-3c2=O)CC1. The van der Waals surface area contributed by atoms with Gasteiger partial charge in [0.05, 0.1) is 17.1 Å². The fraction of sp³-hybridized carbons (Fsp3) is 0.261. The minimum atomic E-state index is -0.931. The first-order valence-corrected chi connectivity index (χ1v) is 10.2. The molecule has 1 amide bonds. The molecule has 2 aromatic carbocycles. The van der Waals surface area contributed by atoms with Crippen molar-refractivity contribution < 1.29 is 14.3 Å². The molecule has 0 aromatic heterocycles. The monoisotopic (exact) mass is 420 g/mol. The average Bonchev–Trinajstić information content (AvgIpc) is 3.12. The van der Waals surface area contributed by atoms with Gasteiger partial charge in [0.25, 0.3) is 5.56 Å². The number of rotatable bonds is 3. The van der Waals surface area contributed by atoms with Gasteiger partial charge >= 0.3 is 6.09 Å². The van der Waals surface area contributed by atoms with E-state index in [9.17, 15) is 14.0 Å². The maximum absolute atomic E-state index is 13.3. The fourth-order valence-electron chi connectivity index (χ4n) is 4.36. The second-order valence-corrected chi connectivity index (χ2v) is 7.91. The molecule has 0 radical (unpaired) electrons. The van der Waals surface area contributed by atoms with Crippen molar-refractivity contribution in [1.29, 1.82) is 0 Å². The first-order chi connectivity index (χ1) is 15.0. The van der Waals surface area contributed by atoms with Crippen LogP contribution in [0.4, 0.5) is 9.18 Å². The number of benzene rings is 2. The molecule has 0 unspecified atom stereocenters. The standard InChI is InChI=1S/C23H21FN4O3/c24-16-7-5-15(6-8-16)13-27-14-19-21(18-3-1-2-4-20(18)27)25-28(22(19)29)17-9-11-26(12-10-17)23(30)31/h1-8,14,17H,9-13H2,(H,30,31). The molecule has 2 aromatic rings. The Labute approximate surface area is 177 Å².